The third-order valence-electron chi connectivity index (χ3n) is 5.00. The van der Waals surface area contributed by atoms with Gasteiger partial charge in [0.25, 0.3) is 0 Å². The Hall–Kier alpha value is -2.51. The van der Waals surface area contributed by atoms with Crippen molar-refractivity contribution in [1.82, 2.24) is 15.5 Å². The monoisotopic (exact) mass is 335 g/mol. The number of hydrogen-bond donors (Lipinski definition) is 3. The van der Waals surface area contributed by atoms with E-state index in [1.54, 1.807) is 17.0 Å². The van der Waals surface area contributed by atoms with Gasteiger partial charge in [-0.1, -0.05) is 0 Å². The van der Waals surface area contributed by atoms with Gasteiger partial charge in [-0.3, -0.25) is 9.59 Å². The minimum Gasteiger partial charge on any atom is -0.481 e. The summed E-state index contributed by atoms with van der Waals surface area (Å²) in [5, 5.41) is 14.2. The van der Waals surface area contributed by atoms with Gasteiger partial charge in [-0.25, -0.2) is 4.79 Å². The molecule has 3 N–H and O–H groups in total. The number of aliphatic carboxylic acids is 1. The molecular formula is C16H21N3O5. The Morgan fingerprint density at radius 2 is 2.04 bits per heavy atom. The fourth-order valence-electron chi connectivity index (χ4n) is 3.36. The fourth-order valence-corrected chi connectivity index (χ4v) is 3.36. The molecule has 8 heteroatoms. The zero-order valence-electron chi connectivity index (χ0n) is 13.3. The van der Waals surface area contributed by atoms with E-state index < -0.39 is 12.0 Å². The van der Waals surface area contributed by atoms with E-state index in [0.717, 1.165) is 19.3 Å². The van der Waals surface area contributed by atoms with E-state index in [2.05, 4.69) is 10.6 Å². The highest BCUT2D eigenvalue weighted by Gasteiger charge is 2.59. The lowest BCUT2D eigenvalue weighted by Crippen LogP contribution is -2.46. The normalized spacial score (nSPS) is 21.3. The maximum Gasteiger partial charge on any atom is 0.315 e. The molecule has 0 aromatic carbocycles. The number of carboxylic acids is 1. The number of carbonyl (C=O) groups excluding carboxylic acids is 2. The summed E-state index contributed by atoms with van der Waals surface area (Å²) in [4.78, 5) is 36.5. The van der Waals surface area contributed by atoms with E-state index in [1.807, 2.05) is 0 Å². The van der Waals surface area contributed by atoms with Crippen molar-refractivity contribution in [3.05, 3.63) is 24.2 Å². The number of nitrogens with zero attached hydrogens (tertiary/aromatic N) is 1. The van der Waals surface area contributed by atoms with Crippen LogP contribution in [-0.4, -0.2) is 47.5 Å². The van der Waals surface area contributed by atoms with E-state index >= 15 is 0 Å². The molecule has 1 spiro atoms. The van der Waals surface area contributed by atoms with Gasteiger partial charge in [-0.15, -0.1) is 0 Å². The summed E-state index contributed by atoms with van der Waals surface area (Å²) in [6.45, 7) is 1.30. The van der Waals surface area contributed by atoms with E-state index in [-0.39, 0.29) is 30.3 Å². The SMILES string of the molecule is O=C(NCC(=O)N1CCC2(CC1)CC2C(=O)O)NCc1ccco1. The van der Waals surface area contributed by atoms with Crippen LogP contribution in [0, 0.1) is 11.3 Å². The summed E-state index contributed by atoms with van der Waals surface area (Å²) in [5.74, 6) is -0.495. The Morgan fingerprint density at radius 1 is 1.29 bits per heavy atom. The van der Waals surface area contributed by atoms with Crippen molar-refractivity contribution in [3.63, 3.8) is 0 Å². The average Bonchev–Trinajstić information content (AvgIpc) is 3.03. The number of urea groups is 1. The third-order valence-corrected chi connectivity index (χ3v) is 5.00. The molecule has 0 radical (unpaired) electrons. The topological polar surface area (TPSA) is 112 Å². The van der Waals surface area contributed by atoms with Gasteiger partial charge >= 0.3 is 12.0 Å². The van der Waals surface area contributed by atoms with E-state index in [0.29, 0.717) is 18.8 Å². The number of piperidine rings is 1. The first-order valence-electron chi connectivity index (χ1n) is 8.05. The summed E-state index contributed by atoms with van der Waals surface area (Å²) in [6, 6.07) is 3.05. The van der Waals surface area contributed by atoms with Crippen LogP contribution in [0.25, 0.3) is 0 Å². The molecule has 8 nitrogen and oxygen atoms in total. The van der Waals surface area contributed by atoms with Crippen molar-refractivity contribution < 1.29 is 23.9 Å². The molecule has 130 valence electrons. The van der Waals surface area contributed by atoms with Crippen molar-refractivity contribution in [2.75, 3.05) is 19.6 Å². The molecular weight excluding hydrogens is 314 g/mol. The number of carbonyl (C=O) groups is 3. The minimum absolute atomic E-state index is 0.0701. The van der Waals surface area contributed by atoms with Crippen LogP contribution in [-0.2, 0) is 16.1 Å². The van der Waals surface area contributed by atoms with Crippen LogP contribution >= 0.6 is 0 Å². The second-order valence-electron chi connectivity index (χ2n) is 6.45. The van der Waals surface area contributed by atoms with Gasteiger partial charge < -0.3 is 25.1 Å². The number of likely N-dealkylation sites (tertiary alicyclic amines) is 1. The van der Waals surface area contributed by atoms with Crippen molar-refractivity contribution in [2.24, 2.45) is 11.3 Å². The van der Waals surface area contributed by atoms with Crippen molar-refractivity contribution in [3.8, 4) is 0 Å². The van der Waals surface area contributed by atoms with Gasteiger partial charge in [-0.2, -0.15) is 0 Å². The lowest BCUT2D eigenvalue weighted by molar-refractivity contribution is -0.139. The average molecular weight is 335 g/mol. The molecule has 1 saturated heterocycles. The zero-order valence-corrected chi connectivity index (χ0v) is 13.3. The van der Waals surface area contributed by atoms with Gasteiger partial charge in [0.2, 0.25) is 5.91 Å². The number of furan rings is 1. The highest BCUT2D eigenvalue weighted by molar-refractivity contribution is 5.84. The highest BCUT2D eigenvalue weighted by Crippen LogP contribution is 2.59. The third kappa shape index (κ3) is 3.52. The summed E-state index contributed by atoms with van der Waals surface area (Å²) in [6.07, 6.45) is 3.69. The maximum atomic E-state index is 12.1. The predicted octanol–water partition coefficient (Wildman–Crippen LogP) is 0.792. The molecule has 1 unspecified atom stereocenters. The fraction of sp³-hybridized carbons (Fsp3) is 0.562. The Balaban J connectivity index is 1.36. The van der Waals surface area contributed by atoms with E-state index in [4.69, 9.17) is 9.52 Å². The number of hydrogen-bond acceptors (Lipinski definition) is 4. The molecule has 1 aromatic rings. The molecule has 1 aliphatic carbocycles. The van der Waals surface area contributed by atoms with E-state index in [1.165, 1.54) is 6.26 Å². The molecule has 2 heterocycles. The van der Waals surface area contributed by atoms with Crippen LogP contribution in [0.2, 0.25) is 0 Å². The Kier molecular flexibility index (Phi) is 4.46. The predicted molar refractivity (Wildman–Crippen MR) is 82.9 cm³/mol. The minimum atomic E-state index is -0.732. The smallest absolute Gasteiger partial charge is 0.315 e. The van der Waals surface area contributed by atoms with Crippen LogP contribution in [0.1, 0.15) is 25.0 Å². The molecule has 1 aromatic heterocycles. The van der Waals surface area contributed by atoms with Crippen molar-refractivity contribution in [1.29, 1.82) is 0 Å². The van der Waals surface area contributed by atoms with Gasteiger partial charge in [0, 0.05) is 13.1 Å². The number of amides is 3. The number of carboxylic acid groups (broad SMARTS) is 1. The molecule has 1 saturated carbocycles. The first kappa shape index (κ1) is 16.4. The molecule has 0 bridgehead atoms. The first-order chi connectivity index (χ1) is 11.5. The number of nitrogens with one attached hydrogen (secondary N) is 2. The Morgan fingerprint density at radius 3 is 2.62 bits per heavy atom. The van der Waals surface area contributed by atoms with Crippen LogP contribution in [0.3, 0.4) is 0 Å². The largest absolute Gasteiger partial charge is 0.481 e. The highest BCUT2D eigenvalue weighted by atomic mass is 16.4. The van der Waals surface area contributed by atoms with Gasteiger partial charge in [0.1, 0.15) is 5.76 Å². The van der Waals surface area contributed by atoms with Crippen molar-refractivity contribution >= 4 is 17.9 Å². The molecule has 2 fully saturated rings. The first-order valence-corrected chi connectivity index (χ1v) is 8.05. The van der Waals surface area contributed by atoms with Crippen LogP contribution in [0.5, 0.6) is 0 Å². The molecule has 24 heavy (non-hydrogen) atoms. The quantitative estimate of drug-likeness (QED) is 0.736. The molecule has 3 amide bonds. The van der Waals surface area contributed by atoms with E-state index in [9.17, 15) is 14.4 Å². The van der Waals surface area contributed by atoms with Crippen molar-refractivity contribution in [2.45, 2.75) is 25.8 Å². The van der Waals surface area contributed by atoms with Gasteiger partial charge in [0.15, 0.2) is 0 Å². The Labute approximate surface area is 139 Å². The maximum absolute atomic E-state index is 12.1. The standard InChI is InChI=1S/C16H21N3O5/c20-13(10-18-15(23)17-9-11-2-1-7-24-11)19-5-3-16(4-6-19)8-12(16)14(21)22/h1-2,7,12H,3-6,8-10H2,(H,21,22)(H2,17,18,23). The van der Waals surface area contributed by atoms with Crippen LogP contribution in [0.15, 0.2) is 22.8 Å². The van der Waals surface area contributed by atoms with Crippen LogP contribution in [0.4, 0.5) is 4.79 Å². The van der Waals surface area contributed by atoms with Crippen LogP contribution < -0.4 is 10.6 Å². The zero-order chi connectivity index (χ0) is 17.2. The summed E-state index contributed by atoms with van der Waals surface area (Å²) < 4.78 is 5.10. The van der Waals surface area contributed by atoms with Gasteiger partial charge in [0.05, 0.1) is 25.3 Å². The molecule has 1 aliphatic heterocycles. The molecule has 1 atom stereocenters. The number of rotatable bonds is 5. The molecule has 2 aliphatic rings. The summed E-state index contributed by atoms with van der Waals surface area (Å²) >= 11 is 0. The second-order valence-corrected chi connectivity index (χ2v) is 6.45. The Bertz CT molecular complexity index is 620. The second kappa shape index (κ2) is 6.54. The summed E-state index contributed by atoms with van der Waals surface area (Å²) in [5.41, 5.74) is -0.101. The summed E-state index contributed by atoms with van der Waals surface area (Å²) in [7, 11) is 0. The molecule has 3 rings (SSSR count). The lowest BCUT2D eigenvalue weighted by Gasteiger charge is -2.32. The van der Waals surface area contributed by atoms with Gasteiger partial charge in [-0.05, 0) is 36.8 Å². The lowest BCUT2D eigenvalue weighted by atomic mass is 9.91.